The zero-order valence-corrected chi connectivity index (χ0v) is 26.1. The Bertz CT molecular complexity index is 577. The lowest BCUT2D eigenvalue weighted by molar-refractivity contribution is -0.148. The molecular weight excluding hydrogens is 464 g/mol. The van der Waals surface area contributed by atoms with E-state index in [4.69, 9.17) is 11.6 Å². The zero-order chi connectivity index (χ0) is 32.1. The topological polar surface area (TPSA) is 26.3 Å². The highest BCUT2D eigenvalue weighted by Gasteiger charge is 2.18. The summed E-state index contributed by atoms with van der Waals surface area (Å²) in [5, 5.41) is 0. The van der Waals surface area contributed by atoms with Crippen LogP contribution in [-0.2, 0) is 9.53 Å². The van der Waals surface area contributed by atoms with Gasteiger partial charge in [-0.25, -0.2) is 0 Å². The lowest BCUT2D eigenvalue weighted by Gasteiger charge is -2.15. The van der Waals surface area contributed by atoms with E-state index in [2.05, 4.69) is 13.8 Å². The van der Waals surface area contributed by atoms with Crippen molar-refractivity contribution in [3.63, 3.8) is 0 Å². The first-order valence-corrected chi connectivity index (χ1v) is 17.4. The Morgan fingerprint density at radius 1 is 0.500 bits per heavy atom. The van der Waals surface area contributed by atoms with Crippen LogP contribution in [0.2, 0.25) is 0 Å². The summed E-state index contributed by atoms with van der Waals surface area (Å²) in [5.74, 6) is -1.09. The highest BCUT2D eigenvalue weighted by atomic mass is 16.5. The van der Waals surface area contributed by atoms with Crippen molar-refractivity contribution in [3.05, 3.63) is 0 Å². The molecule has 228 valence electrons. The third-order valence-electron chi connectivity index (χ3n) is 8.30. The van der Waals surface area contributed by atoms with Crippen LogP contribution in [0.15, 0.2) is 0 Å². The molecule has 0 unspecified atom stereocenters. The molecular formula is C36H72O2. The Balaban J connectivity index is 4.13. The van der Waals surface area contributed by atoms with E-state index in [0.29, 0.717) is 12.8 Å². The maximum absolute atomic E-state index is 12.8. The number of carbonyl (C=O) groups is 1. The van der Waals surface area contributed by atoms with Gasteiger partial charge in [-0.2, -0.15) is 0 Å². The van der Waals surface area contributed by atoms with E-state index >= 15 is 0 Å². The summed E-state index contributed by atoms with van der Waals surface area (Å²) in [7, 11) is 0. The maximum atomic E-state index is 12.8. The van der Waals surface area contributed by atoms with Gasteiger partial charge < -0.3 is 4.74 Å². The first-order valence-electron chi connectivity index (χ1n) is 19.9. The van der Waals surface area contributed by atoms with Crippen molar-refractivity contribution in [1.82, 2.24) is 0 Å². The minimum Gasteiger partial charge on any atom is -0.466 e. The average Bonchev–Trinajstić information content (AvgIpc) is 2.95. The molecule has 0 amide bonds. The summed E-state index contributed by atoms with van der Waals surface area (Å²) >= 11 is 0. The van der Waals surface area contributed by atoms with Crippen LogP contribution in [-0.4, -0.2) is 12.5 Å². The number of ether oxygens (including phenoxy) is 1. The van der Waals surface area contributed by atoms with Gasteiger partial charge in [0.2, 0.25) is 0 Å². The van der Waals surface area contributed by atoms with Crippen molar-refractivity contribution < 1.29 is 16.4 Å². The fourth-order valence-electron chi connectivity index (χ4n) is 5.68. The molecule has 0 aromatic rings. The number of carbonyl (C=O) groups excluding carboxylic acids is 1. The van der Waals surface area contributed by atoms with Gasteiger partial charge in [0.1, 0.15) is 0 Å². The van der Waals surface area contributed by atoms with E-state index in [-0.39, 0.29) is 0 Å². The molecule has 0 fully saturated rings. The molecule has 0 bridgehead atoms. The second-order valence-electron chi connectivity index (χ2n) is 12.0. The summed E-state index contributed by atoms with van der Waals surface area (Å²) in [5.41, 5.74) is 0. The normalized spacial score (nSPS) is 14.1. The van der Waals surface area contributed by atoms with Gasteiger partial charge in [-0.1, -0.05) is 194 Å². The fraction of sp³-hybridized carbons (Fsp3) is 0.972. The molecule has 0 saturated carbocycles. The Labute approximate surface area is 248 Å². The Morgan fingerprint density at radius 2 is 0.763 bits per heavy atom. The van der Waals surface area contributed by atoms with Gasteiger partial charge in [0, 0.05) is 4.11 Å². The van der Waals surface area contributed by atoms with E-state index in [1.807, 2.05) is 0 Å². The first kappa shape index (κ1) is 29.0. The molecule has 0 aliphatic carbocycles. The Morgan fingerprint density at radius 3 is 1.03 bits per heavy atom. The Hall–Kier alpha value is -0.530. The predicted octanol–water partition coefficient (Wildman–Crippen LogP) is 12.9. The molecule has 2 nitrogen and oxygen atoms in total. The second-order valence-corrected chi connectivity index (χ2v) is 12.0. The average molecular weight is 542 g/mol. The van der Waals surface area contributed by atoms with Crippen LogP contribution in [0, 0.1) is 5.92 Å². The maximum Gasteiger partial charge on any atom is 0.308 e. The minimum absolute atomic E-state index is 0.410. The van der Waals surface area contributed by atoms with Crippen molar-refractivity contribution in [3.8, 4) is 0 Å². The number of hydrogen-bond donors (Lipinski definition) is 0. The van der Waals surface area contributed by atoms with Crippen LogP contribution < -0.4 is 0 Å². The Kier molecular flexibility index (Phi) is 24.9. The van der Waals surface area contributed by atoms with E-state index in [0.717, 1.165) is 38.5 Å². The van der Waals surface area contributed by atoms with Crippen LogP contribution in [0.3, 0.4) is 0 Å². The van der Waals surface area contributed by atoms with Gasteiger partial charge in [-0.15, -0.1) is 0 Å². The fourth-order valence-corrected chi connectivity index (χ4v) is 5.68. The van der Waals surface area contributed by atoms with Gasteiger partial charge >= 0.3 is 5.97 Å². The summed E-state index contributed by atoms with van der Waals surface area (Å²) in [6, 6.07) is 0. The van der Waals surface area contributed by atoms with Crippen LogP contribution in [0.1, 0.15) is 220 Å². The molecule has 0 aromatic carbocycles. The van der Waals surface area contributed by atoms with Gasteiger partial charge in [0.15, 0.2) is 0 Å². The molecule has 0 saturated heterocycles. The first-order chi connectivity index (χ1) is 20.7. The van der Waals surface area contributed by atoms with Crippen molar-refractivity contribution >= 4 is 5.97 Å². The molecule has 0 atom stereocenters. The smallest absolute Gasteiger partial charge is 0.308 e. The summed E-state index contributed by atoms with van der Waals surface area (Å²) in [4.78, 5) is 12.8. The standard InChI is InChI=1S/C36H72O2/c1-4-7-9-11-13-15-17-19-21-23-25-27-29-31-33-35(36(37)38-6-3)34-32-30-28-26-24-22-20-18-16-14-12-10-8-5-2/h35H,4-34H2,1-3H3/i3D3,6D2. The second kappa shape index (κ2) is 32.7. The molecule has 0 spiro atoms. The molecule has 38 heavy (non-hydrogen) atoms. The molecule has 2 heteroatoms. The quantitative estimate of drug-likeness (QED) is 0.0625. The molecule has 0 rings (SSSR count). The number of hydrogen-bond acceptors (Lipinski definition) is 2. The number of rotatable bonds is 32. The molecule has 0 N–H and O–H groups in total. The van der Waals surface area contributed by atoms with E-state index in [9.17, 15) is 4.79 Å². The largest absolute Gasteiger partial charge is 0.466 e. The van der Waals surface area contributed by atoms with Crippen LogP contribution in [0.5, 0.6) is 0 Å². The van der Waals surface area contributed by atoms with Crippen molar-refractivity contribution in [2.75, 3.05) is 6.56 Å². The van der Waals surface area contributed by atoms with E-state index in [1.54, 1.807) is 0 Å². The number of esters is 1. The summed E-state index contributed by atoms with van der Waals surface area (Å²) in [6.07, 6.45) is 37.1. The minimum atomic E-state index is -2.97. The van der Waals surface area contributed by atoms with Gasteiger partial charge in [-0.05, 0) is 19.7 Å². The van der Waals surface area contributed by atoms with Crippen molar-refractivity contribution in [2.24, 2.45) is 5.92 Å². The van der Waals surface area contributed by atoms with Crippen LogP contribution in [0.25, 0.3) is 0 Å². The van der Waals surface area contributed by atoms with Gasteiger partial charge in [-0.3, -0.25) is 4.79 Å². The monoisotopic (exact) mass is 542 g/mol. The van der Waals surface area contributed by atoms with E-state index in [1.165, 1.54) is 141 Å². The molecule has 0 radical (unpaired) electrons. The zero-order valence-electron chi connectivity index (χ0n) is 31.1. The third-order valence-corrected chi connectivity index (χ3v) is 8.30. The lowest BCUT2D eigenvalue weighted by atomic mass is 9.94. The van der Waals surface area contributed by atoms with Crippen molar-refractivity contribution in [1.29, 1.82) is 0 Å². The third kappa shape index (κ3) is 28.5. The highest BCUT2D eigenvalue weighted by molar-refractivity contribution is 5.72. The van der Waals surface area contributed by atoms with E-state index < -0.39 is 25.3 Å². The molecule has 0 aliphatic rings. The molecule has 0 heterocycles. The SMILES string of the molecule is [2H]C([2H])([2H])C([2H])([2H])OC(=O)C(CCCCCCCCCCCCCCCC)CCCCCCCCCCCCCCCC. The number of unbranched alkanes of at least 4 members (excludes halogenated alkanes) is 26. The predicted molar refractivity (Wildman–Crippen MR) is 170 cm³/mol. The molecule has 0 aliphatic heterocycles. The van der Waals surface area contributed by atoms with Gasteiger partial charge in [0.05, 0.1) is 15.2 Å². The lowest BCUT2D eigenvalue weighted by Crippen LogP contribution is -2.18. The highest BCUT2D eigenvalue weighted by Crippen LogP contribution is 2.21. The van der Waals surface area contributed by atoms with Crippen LogP contribution in [0.4, 0.5) is 0 Å². The van der Waals surface area contributed by atoms with Crippen LogP contribution >= 0.6 is 0 Å². The summed E-state index contributed by atoms with van der Waals surface area (Å²) < 4.78 is 42.6. The summed E-state index contributed by atoms with van der Waals surface area (Å²) in [6.45, 7) is -1.39. The molecule has 0 aromatic heterocycles. The van der Waals surface area contributed by atoms with Crippen molar-refractivity contribution in [2.45, 2.75) is 213 Å². The van der Waals surface area contributed by atoms with Gasteiger partial charge in [0.25, 0.3) is 0 Å².